The highest BCUT2D eigenvalue weighted by molar-refractivity contribution is 7.97. The first-order chi connectivity index (χ1) is 7.34. The van der Waals surface area contributed by atoms with Crippen LogP contribution in [0, 0.1) is 0 Å². The molecule has 82 valence electrons. The van der Waals surface area contributed by atoms with E-state index in [2.05, 4.69) is 9.84 Å². The molecule has 1 aliphatic heterocycles. The van der Waals surface area contributed by atoms with Gasteiger partial charge in [0.05, 0.1) is 13.2 Å². The van der Waals surface area contributed by atoms with E-state index in [1.165, 1.54) is 0 Å². The van der Waals surface area contributed by atoms with Crippen LogP contribution in [0.3, 0.4) is 0 Å². The van der Waals surface area contributed by atoms with Crippen molar-refractivity contribution >= 4 is 17.6 Å². The van der Waals surface area contributed by atoms with Gasteiger partial charge in [0.25, 0.3) is 0 Å². The van der Waals surface area contributed by atoms with Gasteiger partial charge < -0.3 is 10.5 Å². The predicted octanol–water partition coefficient (Wildman–Crippen LogP) is 1.11. The molecule has 0 atom stereocenters. The van der Waals surface area contributed by atoms with Gasteiger partial charge in [-0.2, -0.15) is 4.83 Å². The average molecular weight is 225 g/mol. The summed E-state index contributed by atoms with van der Waals surface area (Å²) < 4.78 is 5.26. The van der Waals surface area contributed by atoms with Gasteiger partial charge in [0.1, 0.15) is 0 Å². The number of nitrogen functional groups attached to an aromatic ring is 1. The van der Waals surface area contributed by atoms with Gasteiger partial charge in [0.15, 0.2) is 0 Å². The van der Waals surface area contributed by atoms with Crippen LogP contribution in [0.2, 0.25) is 0 Å². The highest BCUT2D eigenvalue weighted by Gasteiger charge is 2.09. The van der Waals surface area contributed by atoms with E-state index in [-0.39, 0.29) is 0 Å². The second-order valence-corrected chi connectivity index (χ2v) is 4.22. The van der Waals surface area contributed by atoms with Gasteiger partial charge in [-0.15, -0.1) is 0 Å². The Hall–Kier alpha value is -0.750. The summed E-state index contributed by atoms with van der Waals surface area (Å²) in [5.41, 5.74) is 6.41. The summed E-state index contributed by atoms with van der Waals surface area (Å²) in [6.07, 6.45) is 0. The van der Waals surface area contributed by atoms with E-state index >= 15 is 0 Å². The van der Waals surface area contributed by atoms with Crippen LogP contribution in [-0.4, -0.2) is 31.3 Å². The minimum atomic E-state index is 0.797. The largest absolute Gasteiger partial charge is 0.399 e. The summed E-state index contributed by atoms with van der Waals surface area (Å²) in [6.45, 7) is 3.47. The first-order valence-electron chi connectivity index (χ1n) is 4.95. The molecule has 0 aromatic heterocycles. The van der Waals surface area contributed by atoms with Crippen molar-refractivity contribution in [3.63, 3.8) is 0 Å². The molecule has 1 aromatic carbocycles. The zero-order valence-electron chi connectivity index (χ0n) is 8.48. The van der Waals surface area contributed by atoms with Crippen molar-refractivity contribution in [2.24, 2.45) is 0 Å². The number of hydrazine groups is 1. The molecule has 1 aromatic rings. The number of ether oxygens (including phenoxy) is 1. The van der Waals surface area contributed by atoms with Crippen LogP contribution in [-0.2, 0) is 4.74 Å². The summed E-state index contributed by atoms with van der Waals surface area (Å²) in [4.78, 5) is 4.45. The summed E-state index contributed by atoms with van der Waals surface area (Å²) in [6, 6.07) is 7.83. The maximum atomic E-state index is 5.61. The van der Waals surface area contributed by atoms with Crippen LogP contribution in [0.5, 0.6) is 0 Å². The number of nitrogens with two attached hydrogens (primary N) is 1. The van der Waals surface area contributed by atoms with Gasteiger partial charge in [-0.25, -0.2) is 5.01 Å². The average Bonchev–Trinajstić information content (AvgIpc) is 2.30. The van der Waals surface area contributed by atoms with Crippen LogP contribution in [0.1, 0.15) is 0 Å². The summed E-state index contributed by atoms with van der Waals surface area (Å²) in [5.74, 6) is 0. The van der Waals surface area contributed by atoms with Crippen LogP contribution in [0.25, 0.3) is 0 Å². The Morgan fingerprint density at radius 1 is 1.20 bits per heavy atom. The SMILES string of the molecule is Nc1ccc(SNN2CCOCC2)cc1. The fourth-order valence-electron chi connectivity index (χ4n) is 1.31. The summed E-state index contributed by atoms with van der Waals surface area (Å²) >= 11 is 1.60. The van der Waals surface area contributed by atoms with E-state index in [4.69, 9.17) is 10.5 Å². The number of rotatable bonds is 3. The van der Waals surface area contributed by atoms with Gasteiger partial charge >= 0.3 is 0 Å². The Morgan fingerprint density at radius 3 is 2.53 bits per heavy atom. The molecule has 1 saturated heterocycles. The minimum Gasteiger partial charge on any atom is -0.399 e. The number of anilines is 1. The molecular weight excluding hydrogens is 210 g/mol. The molecule has 0 radical (unpaired) electrons. The van der Waals surface area contributed by atoms with Gasteiger partial charge in [0, 0.05) is 23.7 Å². The molecule has 0 bridgehead atoms. The first-order valence-corrected chi connectivity index (χ1v) is 5.77. The molecule has 0 amide bonds. The van der Waals surface area contributed by atoms with E-state index in [1.54, 1.807) is 11.9 Å². The molecule has 5 heteroatoms. The second-order valence-electron chi connectivity index (χ2n) is 3.36. The number of hydrogen-bond donors (Lipinski definition) is 2. The van der Waals surface area contributed by atoms with Crippen LogP contribution in [0.15, 0.2) is 29.2 Å². The molecule has 4 nitrogen and oxygen atoms in total. The van der Waals surface area contributed by atoms with Gasteiger partial charge in [-0.3, -0.25) is 0 Å². The smallest absolute Gasteiger partial charge is 0.0608 e. The Labute approximate surface area is 93.9 Å². The van der Waals surface area contributed by atoms with Crippen molar-refractivity contribution in [1.82, 2.24) is 9.84 Å². The standard InChI is InChI=1S/C10H15N3OS/c11-9-1-3-10(4-2-9)15-12-13-5-7-14-8-6-13/h1-4,12H,5-8,11H2. The topological polar surface area (TPSA) is 50.5 Å². The normalized spacial score (nSPS) is 17.9. The molecule has 0 unspecified atom stereocenters. The first kappa shape index (κ1) is 10.8. The molecule has 1 aliphatic rings. The maximum Gasteiger partial charge on any atom is 0.0608 e. The lowest BCUT2D eigenvalue weighted by molar-refractivity contribution is 0.0290. The third kappa shape index (κ3) is 3.39. The van der Waals surface area contributed by atoms with E-state index in [0.29, 0.717) is 0 Å². The number of nitrogens with one attached hydrogen (secondary N) is 1. The van der Waals surface area contributed by atoms with E-state index in [0.717, 1.165) is 36.9 Å². The lowest BCUT2D eigenvalue weighted by Gasteiger charge is -2.26. The minimum absolute atomic E-state index is 0.797. The van der Waals surface area contributed by atoms with Crippen molar-refractivity contribution in [3.8, 4) is 0 Å². The Bertz CT molecular complexity index is 298. The monoisotopic (exact) mass is 225 g/mol. The van der Waals surface area contributed by atoms with Crippen molar-refractivity contribution in [2.45, 2.75) is 4.90 Å². The molecule has 2 rings (SSSR count). The lowest BCUT2D eigenvalue weighted by Crippen LogP contribution is -2.42. The lowest BCUT2D eigenvalue weighted by atomic mass is 10.3. The predicted molar refractivity (Wildman–Crippen MR) is 62.2 cm³/mol. The highest BCUT2D eigenvalue weighted by Crippen LogP contribution is 2.16. The molecule has 15 heavy (non-hydrogen) atoms. The van der Waals surface area contributed by atoms with Crippen molar-refractivity contribution < 1.29 is 4.74 Å². The Kier molecular flexibility index (Phi) is 3.85. The molecule has 0 saturated carbocycles. The number of nitrogens with zero attached hydrogens (tertiary/aromatic N) is 1. The fourth-order valence-corrected chi connectivity index (χ4v) is 2.00. The number of benzene rings is 1. The van der Waals surface area contributed by atoms with Crippen LogP contribution >= 0.6 is 11.9 Å². The molecule has 3 N–H and O–H groups in total. The molecule has 0 aliphatic carbocycles. The fraction of sp³-hybridized carbons (Fsp3) is 0.400. The van der Waals surface area contributed by atoms with Crippen LogP contribution in [0.4, 0.5) is 5.69 Å². The van der Waals surface area contributed by atoms with Crippen molar-refractivity contribution in [2.75, 3.05) is 32.0 Å². The maximum absolute atomic E-state index is 5.61. The van der Waals surface area contributed by atoms with Gasteiger partial charge in [0.2, 0.25) is 0 Å². The summed E-state index contributed by atoms with van der Waals surface area (Å²) in [7, 11) is 0. The van der Waals surface area contributed by atoms with E-state index in [1.807, 2.05) is 24.3 Å². The quantitative estimate of drug-likeness (QED) is 0.596. The second kappa shape index (κ2) is 5.37. The number of morpholine rings is 1. The molecule has 1 heterocycles. The molecular formula is C10H15N3OS. The van der Waals surface area contributed by atoms with E-state index in [9.17, 15) is 0 Å². The van der Waals surface area contributed by atoms with Crippen molar-refractivity contribution in [1.29, 1.82) is 0 Å². The molecule has 1 fully saturated rings. The molecule has 0 spiro atoms. The van der Waals surface area contributed by atoms with Crippen molar-refractivity contribution in [3.05, 3.63) is 24.3 Å². The van der Waals surface area contributed by atoms with Gasteiger partial charge in [-0.05, 0) is 36.2 Å². The highest BCUT2D eigenvalue weighted by atomic mass is 32.2. The number of hydrogen-bond acceptors (Lipinski definition) is 5. The summed E-state index contributed by atoms with van der Waals surface area (Å²) in [5, 5.41) is 2.16. The van der Waals surface area contributed by atoms with Gasteiger partial charge in [-0.1, -0.05) is 0 Å². The zero-order chi connectivity index (χ0) is 10.5. The Morgan fingerprint density at radius 2 is 1.87 bits per heavy atom. The van der Waals surface area contributed by atoms with Crippen LogP contribution < -0.4 is 10.6 Å². The Balaban J connectivity index is 1.79. The third-order valence-electron chi connectivity index (χ3n) is 2.18. The zero-order valence-corrected chi connectivity index (χ0v) is 9.30. The third-order valence-corrected chi connectivity index (χ3v) is 3.04. The van der Waals surface area contributed by atoms with E-state index < -0.39 is 0 Å².